The monoisotopic (exact) mass is 294 g/mol. The lowest BCUT2D eigenvalue weighted by Crippen LogP contribution is -2.36. The second kappa shape index (κ2) is 5.48. The van der Waals surface area contributed by atoms with Crippen molar-refractivity contribution in [3.05, 3.63) is 42.4 Å². The third-order valence-electron chi connectivity index (χ3n) is 4.79. The topological polar surface area (TPSA) is 59.0 Å². The lowest BCUT2D eigenvalue weighted by atomic mass is 10.0. The highest BCUT2D eigenvalue weighted by molar-refractivity contribution is 5.93. The van der Waals surface area contributed by atoms with Gasteiger partial charge in [-0.05, 0) is 43.4 Å². The van der Waals surface area contributed by atoms with Crippen LogP contribution in [-0.2, 0) is 0 Å². The molecule has 4 rings (SSSR count). The minimum absolute atomic E-state index is 0.0361. The Kier molecular flexibility index (Phi) is 3.33. The molecule has 5 nitrogen and oxygen atoms in total. The molecule has 0 radical (unpaired) electrons. The summed E-state index contributed by atoms with van der Waals surface area (Å²) in [6, 6.07) is 7.72. The summed E-state index contributed by atoms with van der Waals surface area (Å²) in [6.07, 6.45) is 8.12. The van der Waals surface area contributed by atoms with Gasteiger partial charge in [0.1, 0.15) is 11.4 Å². The maximum absolute atomic E-state index is 12.8. The van der Waals surface area contributed by atoms with Gasteiger partial charge in [0.05, 0.1) is 0 Å². The van der Waals surface area contributed by atoms with Crippen LogP contribution < -0.4 is 0 Å². The summed E-state index contributed by atoms with van der Waals surface area (Å²) in [5.41, 5.74) is 1.17. The summed E-state index contributed by atoms with van der Waals surface area (Å²) < 4.78 is 0. The summed E-state index contributed by atoms with van der Waals surface area (Å²) in [4.78, 5) is 27.7. The molecule has 2 fully saturated rings. The fourth-order valence-corrected chi connectivity index (χ4v) is 3.73. The lowest BCUT2D eigenvalue weighted by molar-refractivity contribution is 0.0723. The fourth-order valence-electron chi connectivity index (χ4n) is 3.73. The Bertz CT molecular complexity index is 688. The Morgan fingerprint density at radius 2 is 2.05 bits per heavy atom. The van der Waals surface area contributed by atoms with Crippen LogP contribution in [0, 0.1) is 5.92 Å². The van der Waals surface area contributed by atoms with Crippen molar-refractivity contribution in [1.29, 1.82) is 0 Å². The van der Waals surface area contributed by atoms with Crippen LogP contribution in [0.15, 0.2) is 36.7 Å². The molecule has 2 aromatic rings. The number of aromatic nitrogens is 3. The molecule has 1 amide bonds. The molecule has 1 aliphatic heterocycles. The molecular weight excluding hydrogens is 276 g/mol. The van der Waals surface area contributed by atoms with Crippen LogP contribution in [0.5, 0.6) is 0 Å². The van der Waals surface area contributed by atoms with Gasteiger partial charge in [0, 0.05) is 25.0 Å². The van der Waals surface area contributed by atoms with E-state index < -0.39 is 0 Å². The van der Waals surface area contributed by atoms with Gasteiger partial charge in [0.25, 0.3) is 5.91 Å². The molecule has 2 aromatic heterocycles. The molecule has 1 aliphatic carbocycles. The van der Waals surface area contributed by atoms with Gasteiger partial charge in [-0.2, -0.15) is 0 Å². The van der Waals surface area contributed by atoms with E-state index in [2.05, 4.69) is 15.0 Å². The highest BCUT2D eigenvalue weighted by atomic mass is 16.2. The molecule has 2 atom stereocenters. The number of pyridine rings is 1. The van der Waals surface area contributed by atoms with Crippen molar-refractivity contribution < 1.29 is 4.79 Å². The predicted molar refractivity (Wildman–Crippen MR) is 82.0 cm³/mol. The Morgan fingerprint density at radius 3 is 2.91 bits per heavy atom. The predicted octanol–water partition coefficient (Wildman–Crippen LogP) is 2.55. The van der Waals surface area contributed by atoms with Crippen molar-refractivity contribution in [2.75, 3.05) is 6.54 Å². The Hall–Kier alpha value is -2.30. The molecule has 0 bridgehead atoms. The number of likely N-dealkylation sites (tertiary alicyclic amines) is 1. The van der Waals surface area contributed by atoms with Crippen LogP contribution in [0.25, 0.3) is 11.5 Å². The lowest BCUT2D eigenvalue weighted by Gasteiger charge is -2.23. The van der Waals surface area contributed by atoms with Crippen molar-refractivity contribution in [2.24, 2.45) is 5.92 Å². The summed E-state index contributed by atoms with van der Waals surface area (Å²) in [5.74, 6) is 1.24. The Morgan fingerprint density at radius 1 is 1.09 bits per heavy atom. The van der Waals surface area contributed by atoms with E-state index in [1.54, 1.807) is 18.5 Å². The molecule has 2 aliphatic rings. The quantitative estimate of drug-likeness (QED) is 0.854. The fraction of sp³-hybridized carbons (Fsp3) is 0.412. The van der Waals surface area contributed by atoms with E-state index in [4.69, 9.17) is 0 Å². The zero-order valence-electron chi connectivity index (χ0n) is 12.4. The molecule has 0 aromatic carbocycles. The van der Waals surface area contributed by atoms with Gasteiger partial charge in [0.15, 0.2) is 5.82 Å². The Labute approximate surface area is 129 Å². The van der Waals surface area contributed by atoms with E-state index in [-0.39, 0.29) is 5.91 Å². The second-order valence-corrected chi connectivity index (χ2v) is 6.03. The summed E-state index contributed by atoms with van der Waals surface area (Å²) >= 11 is 0. The number of hydrogen-bond donors (Lipinski definition) is 0. The van der Waals surface area contributed by atoms with E-state index >= 15 is 0 Å². The van der Waals surface area contributed by atoms with E-state index in [1.807, 2.05) is 23.1 Å². The maximum Gasteiger partial charge on any atom is 0.272 e. The van der Waals surface area contributed by atoms with E-state index in [0.29, 0.717) is 29.2 Å². The van der Waals surface area contributed by atoms with Gasteiger partial charge in [-0.25, -0.2) is 9.97 Å². The van der Waals surface area contributed by atoms with Crippen LogP contribution in [0.2, 0.25) is 0 Å². The van der Waals surface area contributed by atoms with Crippen molar-refractivity contribution >= 4 is 5.91 Å². The third kappa shape index (κ3) is 2.26. The average molecular weight is 294 g/mol. The van der Waals surface area contributed by atoms with Crippen LogP contribution in [0.3, 0.4) is 0 Å². The summed E-state index contributed by atoms with van der Waals surface area (Å²) in [6.45, 7) is 0.858. The van der Waals surface area contributed by atoms with Gasteiger partial charge in [-0.15, -0.1) is 0 Å². The largest absolute Gasteiger partial charge is 0.334 e. The molecule has 5 heteroatoms. The van der Waals surface area contributed by atoms with Crippen LogP contribution in [-0.4, -0.2) is 38.3 Å². The van der Waals surface area contributed by atoms with Gasteiger partial charge in [0.2, 0.25) is 0 Å². The molecule has 22 heavy (non-hydrogen) atoms. The number of carbonyl (C=O) groups excluding carboxylic acids is 1. The van der Waals surface area contributed by atoms with Crippen molar-refractivity contribution in [2.45, 2.75) is 31.7 Å². The van der Waals surface area contributed by atoms with Gasteiger partial charge in [-0.3, -0.25) is 9.78 Å². The summed E-state index contributed by atoms with van der Waals surface area (Å²) in [5, 5.41) is 0. The molecular formula is C17H18N4O. The number of nitrogens with zero attached hydrogens (tertiary/aromatic N) is 4. The number of hydrogen-bond acceptors (Lipinski definition) is 4. The second-order valence-electron chi connectivity index (χ2n) is 6.03. The highest BCUT2D eigenvalue weighted by Crippen LogP contribution is 2.38. The van der Waals surface area contributed by atoms with Gasteiger partial charge < -0.3 is 4.90 Å². The molecule has 112 valence electrons. The van der Waals surface area contributed by atoms with Crippen molar-refractivity contribution in [3.63, 3.8) is 0 Å². The van der Waals surface area contributed by atoms with Gasteiger partial charge in [-0.1, -0.05) is 12.5 Å². The van der Waals surface area contributed by atoms with E-state index in [9.17, 15) is 4.79 Å². The zero-order chi connectivity index (χ0) is 14.9. The van der Waals surface area contributed by atoms with Crippen LogP contribution in [0.4, 0.5) is 0 Å². The Balaban J connectivity index is 1.61. The zero-order valence-corrected chi connectivity index (χ0v) is 12.4. The first kappa shape index (κ1) is 13.4. The number of amides is 1. The SMILES string of the molecule is O=C(c1ccnc(-c2ccccn2)n1)N1CC[C@@H]2CCC[C@@H]21. The molecule has 1 saturated carbocycles. The standard InChI is InChI=1S/C17H18N4O/c22-17(21-11-8-12-4-3-6-15(12)21)14-7-10-19-16(20-14)13-5-1-2-9-18-13/h1-2,5,7,9-10,12,15H,3-4,6,8,11H2/t12-,15-/m0/s1. The minimum atomic E-state index is 0.0361. The number of rotatable bonds is 2. The molecule has 1 saturated heterocycles. The average Bonchev–Trinajstić information content (AvgIpc) is 3.18. The number of fused-ring (bicyclic) bond motifs is 1. The van der Waals surface area contributed by atoms with Crippen LogP contribution in [0.1, 0.15) is 36.2 Å². The third-order valence-corrected chi connectivity index (χ3v) is 4.79. The number of carbonyl (C=O) groups is 1. The highest BCUT2D eigenvalue weighted by Gasteiger charge is 2.40. The molecule has 0 spiro atoms. The van der Waals surface area contributed by atoms with Crippen LogP contribution >= 0.6 is 0 Å². The maximum atomic E-state index is 12.8. The normalized spacial score (nSPS) is 23.5. The van der Waals surface area contributed by atoms with E-state index in [1.165, 1.54) is 12.8 Å². The molecule has 0 unspecified atom stereocenters. The van der Waals surface area contributed by atoms with Gasteiger partial charge >= 0.3 is 0 Å². The minimum Gasteiger partial charge on any atom is -0.334 e. The first-order valence-electron chi connectivity index (χ1n) is 7.88. The first-order valence-corrected chi connectivity index (χ1v) is 7.88. The summed E-state index contributed by atoms with van der Waals surface area (Å²) in [7, 11) is 0. The molecule has 3 heterocycles. The van der Waals surface area contributed by atoms with E-state index in [0.717, 1.165) is 19.4 Å². The smallest absolute Gasteiger partial charge is 0.272 e. The van der Waals surface area contributed by atoms with Crippen molar-refractivity contribution in [1.82, 2.24) is 19.9 Å². The first-order chi connectivity index (χ1) is 10.8. The molecule has 0 N–H and O–H groups in total. The van der Waals surface area contributed by atoms with Crippen molar-refractivity contribution in [3.8, 4) is 11.5 Å².